The molecule has 0 aromatic rings. The van der Waals surface area contributed by atoms with E-state index in [2.05, 4.69) is 40.7 Å². The van der Waals surface area contributed by atoms with Gasteiger partial charge in [0.05, 0.1) is 0 Å². The highest BCUT2D eigenvalue weighted by Gasteiger charge is 1.77. The molecule has 0 aliphatic rings. The van der Waals surface area contributed by atoms with Gasteiger partial charge in [-0.25, -0.2) is 0 Å². The van der Waals surface area contributed by atoms with Gasteiger partial charge in [-0.3, -0.25) is 4.99 Å². The van der Waals surface area contributed by atoms with E-state index in [1.807, 2.05) is 12.2 Å². The lowest BCUT2D eigenvalue weighted by atomic mass is 10.5. The topological polar surface area (TPSA) is 12.4 Å². The van der Waals surface area contributed by atoms with Crippen molar-refractivity contribution in [2.24, 2.45) is 4.99 Å². The molecule has 0 fully saturated rings. The van der Waals surface area contributed by atoms with Crippen molar-refractivity contribution in [3.63, 3.8) is 0 Å². The zero-order valence-corrected chi connectivity index (χ0v) is 7.21. The Balaban J connectivity index is 3.88. The average molecular weight is 233 g/mol. The summed E-state index contributed by atoms with van der Waals surface area (Å²) in [6.45, 7) is 6.98. The Morgan fingerprint density at radius 2 is 2.11 bits per heavy atom. The fourth-order valence-electron chi connectivity index (χ4n) is 0.278. The molecule has 0 bridgehead atoms. The van der Waals surface area contributed by atoms with E-state index in [1.165, 1.54) is 6.20 Å². The molecule has 0 spiro atoms. The van der Waals surface area contributed by atoms with Crippen LogP contribution in [0.5, 0.6) is 0 Å². The highest BCUT2D eigenvalue weighted by Crippen LogP contribution is 1.93. The molecule has 0 aromatic heterocycles. The molecule has 0 aliphatic heterocycles. The second kappa shape index (κ2) is 5.75. The Hall–Kier alpha value is -0.380. The molecule has 0 amide bonds. The summed E-state index contributed by atoms with van der Waals surface area (Å²) in [5, 5.41) is 0. The number of allylic oxidation sites excluding steroid dienone is 3. The lowest BCUT2D eigenvalue weighted by molar-refractivity contribution is 1.62. The molecule has 2 heteroatoms. The Morgan fingerprint density at radius 1 is 1.44 bits per heavy atom. The van der Waals surface area contributed by atoms with Gasteiger partial charge in [-0.1, -0.05) is 25.3 Å². The van der Waals surface area contributed by atoms with Gasteiger partial charge in [-0.15, -0.1) is 0 Å². The fourth-order valence-corrected chi connectivity index (χ4v) is 0.682. The maximum Gasteiger partial charge on any atom is 0.101 e. The quantitative estimate of drug-likeness (QED) is 0.403. The molecule has 0 saturated heterocycles. The monoisotopic (exact) mass is 233 g/mol. The second-order valence-corrected chi connectivity index (χ2v) is 2.33. The minimum absolute atomic E-state index is 0.905. The van der Waals surface area contributed by atoms with Gasteiger partial charge >= 0.3 is 0 Å². The molecular formula is C7H8IN. The van der Waals surface area contributed by atoms with E-state index in [0.29, 0.717) is 0 Å². The predicted molar refractivity (Wildman–Crippen MR) is 51.0 cm³/mol. The van der Waals surface area contributed by atoms with Crippen LogP contribution in [-0.2, 0) is 0 Å². The molecule has 9 heavy (non-hydrogen) atoms. The summed E-state index contributed by atoms with van der Waals surface area (Å²) in [5.41, 5.74) is 0. The maximum atomic E-state index is 3.89. The zero-order chi connectivity index (χ0) is 7.11. The van der Waals surface area contributed by atoms with E-state index in [0.717, 1.165) is 3.72 Å². The van der Waals surface area contributed by atoms with Gasteiger partial charge in [0.2, 0.25) is 0 Å². The molecule has 0 unspecified atom stereocenters. The number of rotatable bonds is 3. The van der Waals surface area contributed by atoms with Crippen LogP contribution in [0.3, 0.4) is 0 Å². The molecule has 0 N–H and O–H groups in total. The third-order valence-corrected chi connectivity index (χ3v) is 1.22. The largest absolute Gasteiger partial charge is 0.251 e. The van der Waals surface area contributed by atoms with Crippen LogP contribution in [-0.4, -0.2) is 3.72 Å². The Kier molecular flexibility index (Phi) is 5.51. The van der Waals surface area contributed by atoms with Crippen LogP contribution in [0.15, 0.2) is 42.6 Å². The van der Waals surface area contributed by atoms with Crippen molar-refractivity contribution < 1.29 is 0 Å². The first-order chi connectivity index (χ1) is 4.31. The second-order valence-electron chi connectivity index (χ2n) is 1.23. The zero-order valence-electron chi connectivity index (χ0n) is 5.05. The van der Waals surface area contributed by atoms with Crippen molar-refractivity contribution >= 4 is 26.3 Å². The fraction of sp³-hybridized carbons (Fsp3) is 0. The minimum atomic E-state index is 0.905. The Morgan fingerprint density at radius 3 is 2.56 bits per heavy atom. The normalized spacial score (nSPS) is 11.9. The van der Waals surface area contributed by atoms with Crippen molar-refractivity contribution in [3.8, 4) is 0 Å². The van der Waals surface area contributed by atoms with Gasteiger partial charge in [0.15, 0.2) is 0 Å². The molecule has 1 nitrogen and oxygen atoms in total. The summed E-state index contributed by atoms with van der Waals surface area (Å²) in [4.78, 5) is 3.89. The predicted octanol–water partition coefficient (Wildman–Crippen LogP) is 2.71. The van der Waals surface area contributed by atoms with E-state index < -0.39 is 0 Å². The SMILES string of the molecule is C=C/C=C\C(I)=NC=C. The first kappa shape index (κ1) is 8.62. The summed E-state index contributed by atoms with van der Waals surface area (Å²) in [7, 11) is 0. The molecule has 48 valence electrons. The molecule has 0 aliphatic carbocycles. The van der Waals surface area contributed by atoms with Crippen LogP contribution in [0.1, 0.15) is 0 Å². The van der Waals surface area contributed by atoms with E-state index in [9.17, 15) is 0 Å². The van der Waals surface area contributed by atoms with Gasteiger partial charge in [0.1, 0.15) is 3.72 Å². The van der Waals surface area contributed by atoms with E-state index in [-0.39, 0.29) is 0 Å². The van der Waals surface area contributed by atoms with Gasteiger partial charge in [0, 0.05) is 6.20 Å². The van der Waals surface area contributed by atoms with Crippen LogP contribution in [0.2, 0.25) is 0 Å². The highest BCUT2D eigenvalue weighted by molar-refractivity contribution is 14.1. The van der Waals surface area contributed by atoms with Gasteiger partial charge < -0.3 is 0 Å². The molecule has 0 saturated carbocycles. The summed E-state index contributed by atoms with van der Waals surface area (Å²) in [6, 6.07) is 0. The molecule has 0 atom stereocenters. The molecule has 0 radical (unpaired) electrons. The van der Waals surface area contributed by atoms with Gasteiger partial charge in [0.25, 0.3) is 0 Å². The standard InChI is InChI=1S/C7H8IN/c1-3-5-6-7(8)9-4-2/h3-6H,1-2H2/b6-5-,9-7?. The van der Waals surface area contributed by atoms with Crippen molar-refractivity contribution in [2.45, 2.75) is 0 Å². The number of hydrogen-bond donors (Lipinski definition) is 0. The lowest BCUT2D eigenvalue weighted by Gasteiger charge is -1.80. The van der Waals surface area contributed by atoms with Crippen molar-refractivity contribution in [2.75, 3.05) is 0 Å². The van der Waals surface area contributed by atoms with Gasteiger partial charge in [-0.2, -0.15) is 0 Å². The minimum Gasteiger partial charge on any atom is -0.251 e. The third-order valence-electron chi connectivity index (χ3n) is 0.584. The van der Waals surface area contributed by atoms with Gasteiger partial charge in [-0.05, 0) is 28.7 Å². The summed E-state index contributed by atoms with van der Waals surface area (Å²) in [5.74, 6) is 0. The molecular weight excluding hydrogens is 225 g/mol. The molecule has 0 aromatic carbocycles. The van der Waals surface area contributed by atoms with Crippen LogP contribution in [0.4, 0.5) is 0 Å². The Labute approximate surface area is 69.0 Å². The third kappa shape index (κ3) is 5.49. The first-order valence-electron chi connectivity index (χ1n) is 2.44. The smallest absolute Gasteiger partial charge is 0.101 e. The van der Waals surface area contributed by atoms with Crippen LogP contribution >= 0.6 is 22.6 Å². The first-order valence-corrected chi connectivity index (χ1v) is 3.52. The van der Waals surface area contributed by atoms with Crippen LogP contribution in [0.25, 0.3) is 0 Å². The number of aliphatic imine (C=N–C) groups is 1. The van der Waals surface area contributed by atoms with Crippen LogP contribution in [0, 0.1) is 0 Å². The van der Waals surface area contributed by atoms with E-state index in [4.69, 9.17) is 0 Å². The summed E-state index contributed by atoms with van der Waals surface area (Å²) < 4.78 is 0.905. The highest BCUT2D eigenvalue weighted by atomic mass is 127. The van der Waals surface area contributed by atoms with E-state index >= 15 is 0 Å². The molecule has 0 rings (SSSR count). The van der Waals surface area contributed by atoms with Crippen molar-refractivity contribution in [3.05, 3.63) is 37.6 Å². The number of halogens is 1. The van der Waals surface area contributed by atoms with Crippen LogP contribution < -0.4 is 0 Å². The Bertz CT molecular complexity index is 156. The van der Waals surface area contributed by atoms with E-state index in [1.54, 1.807) is 6.08 Å². The van der Waals surface area contributed by atoms with Crippen molar-refractivity contribution in [1.29, 1.82) is 0 Å². The molecule has 0 heterocycles. The summed E-state index contributed by atoms with van der Waals surface area (Å²) >= 11 is 2.11. The maximum absolute atomic E-state index is 3.89. The van der Waals surface area contributed by atoms with Crippen molar-refractivity contribution in [1.82, 2.24) is 0 Å². The summed E-state index contributed by atoms with van der Waals surface area (Å²) in [6.07, 6.45) is 6.90. The average Bonchev–Trinajstić information content (AvgIpc) is 1.85. The lowest BCUT2D eigenvalue weighted by Crippen LogP contribution is -1.72. The number of nitrogens with zero attached hydrogens (tertiary/aromatic N) is 1. The number of hydrogen-bond acceptors (Lipinski definition) is 1.